The number of anilines is 2. The van der Waals surface area contributed by atoms with Gasteiger partial charge < -0.3 is 20.5 Å². The highest BCUT2D eigenvalue weighted by atomic mass is 35.5. The number of methoxy groups -OCH3 is 1. The van der Waals surface area contributed by atoms with Gasteiger partial charge in [0.2, 0.25) is 0 Å². The molecule has 2 aromatic rings. The molecule has 0 aliphatic heterocycles. The fraction of sp³-hybridized carbons (Fsp3) is 0.118. The minimum Gasteiger partial charge on any atom is -0.465 e. The minimum absolute atomic E-state index is 0.107. The predicted octanol–water partition coefficient (Wildman–Crippen LogP) is 2.50. The maximum Gasteiger partial charge on any atom is 0.340 e. The number of amides is 1. The Bertz CT molecular complexity index is 822. The molecule has 0 aliphatic rings. The number of benzene rings is 2. The summed E-state index contributed by atoms with van der Waals surface area (Å²) >= 11 is 5.90. The molecule has 1 amide bonds. The van der Waals surface area contributed by atoms with Crippen molar-refractivity contribution < 1.29 is 23.9 Å². The molecule has 7 nitrogen and oxygen atoms in total. The van der Waals surface area contributed by atoms with E-state index in [1.807, 2.05) is 0 Å². The zero-order valence-corrected chi connectivity index (χ0v) is 14.0. The monoisotopic (exact) mass is 362 g/mol. The van der Waals surface area contributed by atoms with Crippen LogP contribution in [0.15, 0.2) is 42.5 Å². The van der Waals surface area contributed by atoms with Gasteiger partial charge in [0.1, 0.15) is 0 Å². The molecular formula is C17H15ClN2O5. The summed E-state index contributed by atoms with van der Waals surface area (Å²) in [5, 5.41) is 2.69. The van der Waals surface area contributed by atoms with Crippen molar-refractivity contribution in [3.05, 3.63) is 58.6 Å². The van der Waals surface area contributed by atoms with E-state index in [0.29, 0.717) is 5.69 Å². The Balaban J connectivity index is 1.98. The van der Waals surface area contributed by atoms with Crippen LogP contribution in [0.25, 0.3) is 0 Å². The van der Waals surface area contributed by atoms with Crippen molar-refractivity contribution in [2.24, 2.45) is 0 Å². The number of nitrogens with one attached hydrogen (secondary N) is 1. The van der Waals surface area contributed by atoms with E-state index in [2.05, 4.69) is 10.1 Å². The summed E-state index contributed by atoms with van der Waals surface area (Å²) in [5.41, 5.74) is 6.52. The number of rotatable bonds is 5. The number of carbonyl (C=O) groups excluding carboxylic acids is 3. The molecule has 0 radical (unpaired) electrons. The zero-order chi connectivity index (χ0) is 18.4. The van der Waals surface area contributed by atoms with Crippen LogP contribution < -0.4 is 11.1 Å². The number of nitrogen functional groups attached to an aromatic ring is 1. The molecule has 8 heteroatoms. The molecule has 0 aliphatic carbocycles. The van der Waals surface area contributed by atoms with Gasteiger partial charge in [0.05, 0.1) is 23.3 Å². The normalized spacial score (nSPS) is 10.0. The average molecular weight is 363 g/mol. The Labute approximate surface area is 148 Å². The number of nitrogens with two attached hydrogens (primary N) is 1. The molecule has 3 N–H and O–H groups in total. The molecule has 25 heavy (non-hydrogen) atoms. The van der Waals surface area contributed by atoms with Crippen molar-refractivity contribution in [1.29, 1.82) is 0 Å². The van der Waals surface area contributed by atoms with Gasteiger partial charge in [0.15, 0.2) is 6.61 Å². The fourth-order valence-electron chi connectivity index (χ4n) is 1.96. The van der Waals surface area contributed by atoms with Crippen LogP contribution in [-0.2, 0) is 14.3 Å². The second-order valence-corrected chi connectivity index (χ2v) is 5.30. The second kappa shape index (κ2) is 8.16. The third-order valence-corrected chi connectivity index (χ3v) is 3.50. The molecule has 2 aromatic carbocycles. The predicted molar refractivity (Wildman–Crippen MR) is 92.6 cm³/mol. The largest absolute Gasteiger partial charge is 0.465 e. The summed E-state index contributed by atoms with van der Waals surface area (Å²) in [7, 11) is 1.22. The van der Waals surface area contributed by atoms with E-state index in [-0.39, 0.29) is 21.8 Å². The lowest BCUT2D eigenvalue weighted by Crippen LogP contribution is -2.21. The molecule has 0 aromatic heterocycles. The van der Waals surface area contributed by atoms with E-state index in [1.165, 1.54) is 31.4 Å². The van der Waals surface area contributed by atoms with E-state index < -0.39 is 24.5 Å². The molecule has 0 unspecified atom stereocenters. The van der Waals surface area contributed by atoms with Crippen molar-refractivity contribution in [3.63, 3.8) is 0 Å². The molecule has 130 valence electrons. The molecule has 0 bridgehead atoms. The van der Waals surface area contributed by atoms with Crippen LogP contribution in [0.4, 0.5) is 11.4 Å². The highest BCUT2D eigenvalue weighted by Crippen LogP contribution is 2.21. The highest BCUT2D eigenvalue weighted by molar-refractivity contribution is 6.33. The first-order valence-corrected chi connectivity index (χ1v) is 7.49. The Morgan fingerprint density at radius 3 is 2.48 bits per heavy atom. The van der Waals surface area contributed by atoms with Crippen molar-refractivity contribution in [3.8, 4) is 0 Å². The van der Waals surface area contributed by atoms with Gasteiger partial charge in [-0.3, -0.25) is 4.79 Å². The number of carbonyl (C=O) groups is 3. The van der Waals surface area contributed by atoms with Gasteiger partial charge in [-0.25, -0.2) is 9.59 Å². The molecule has 0 heterocycles. The summed E-state index contributed by atoms with van der Waals surface area (Å²) in [6.45, 7) is -0.511. The lowest BCUT2D eigenvalue weighted by atomic mass is 10.2. The Morgan fingerprint density at radius 1 is 1.08 bits per heavy atom. The summed E-state index contributed by atoms with van der Waals surface area (Å²) in [6, 6.07) is 10.7. The number of halogens is 1. The van der Waals surface area contributed by atoms with Crippen LogP contribution in [-0.4, -0.2) is 31.6 Å². The third-order valence-electron chi connectivity index (χ3n) is 3.17. The SMILES string of the molecule is COC(=O)c1cc(NC(=O)COC(=O)c2ccccc2N)ccc1Cl. The maximum absolute atomic E-state index is 11.9. The van der Waals surface area contributed by atoms with E-state index in [1.54, 1.807) is 18.2 Å². The van der Waals surface area contributed by atoms with Crippen molar-refractivity contribution in [2.75, 3.05) is 24.8 Å². The molecule has 2 rings (SSSR count). The number of ether oxygens (including phenoxy) is 2. The smallest absolute Gasteiger partial charge is 0.340 e. The van der Waals surface area contributed by atoms with E-state index >= 15 is 0 Å². The first-order valence-electron chi connectivity index (χ1n) is 7.11. The molecular weight excluding hydrogens is 348 g/mol. The fourth-order valence-corrected chi connectivity index (χ4v) is 2.15. The molecule has 0 saturated heterocycles. The van der Waals surface area contributed by atoms with Gasteiger partial charge in [-0.1, -0.05) is 23.7 Å². The molecule has 0 saturated carbocycles. The van der Waals surface area contributed by atoms with Crippen LogP contribution in [0, 0.1) is 0 Å². The van der Waals surface area contributed by atoms with Crippen molar-refractivity contribution in [1.82, 2.24) is 0 Å². The Hall–Kier alpha value is -3.06. The van der Waals surface area contributed by atoms with E-state index in [0.717, 1.165) is 0 Å². The highest BCUT2D eigenvalue weighted by Gasteiger charge is 2.15. The molecule has 0 spiro atoms. The van der Waals surface area contributed by atoms with Crippen LogP contribution in [0.2, 0.25) is 5.02 Å². The second-order valence-electron chi connectivity index (χ2n) is 4.90. The summed E-state index contributed by atoms with van der Waals surface area (Å²) in [6.07, 6.45) is 0. The Kier molecular flexibility index (Phi) is 5.97. The summed E-state index contributed by atoms with van der Waals surface area (Å²) in [4.78, 5) is 35.4. The zero-order valence-electron chi connectivity index (χ0n) is 13.2. The van der Waals surface area contributed by atoms with Gasteiger partial charge in [-0.2, -0.15) is 0 Å². The third kappa shape index (κ3) is 4.71. The number of hydrogen-bond donors (Lipinski definition) is 2. The number of hydrogen-bond acceptors (Lipinski definition) is 6. The lowest BCUT2D eigenvalue weighted by molar-refractivity contribution is -0.119. The van der Waals surface area contributed by atoms with Crippen molar-refractivity contribution >= 4 is 40.8 Å². The standard InChI is InChI=1S/C17H15ClN2O5/c1-24-16(22)12-8-10(6-7-13(12)18)20-15(21)9-25-17(23)11-4-2-3-5-14(11)19/h2-8H,9,19H2,1H3,(H,20,21). The van der Waals surface area contributed by atoms with Crippen LogP contribution >= 0.6 is 11.6 Å². The first kappa shape index (κ1) is 18.3. The van der Waals surface area contributed by atoms with Crippen LogP contribution in [0.3, 0.4) is 0 Å². The minimum atomic E-state index is -0.709. The molecule has 0 atom stereocenters. The van der Waals surface area contributed by atoms with Crippen LogP contribution in [0.5, 0.6) is 0 Å². The van der Waals surface area contributed by atoms with Crippen LogP contribution in [0.1, 0.15) is 20.7 Å². The Morgan fingerprint density at radius 2 is 1.80 bits per heavy atom. The van der Waals surface area contributed by atoms with E-state index in [4.69, 9.17) is 22.1 Å². The van der Waals surface area contributed by atoms with Crippen molar-refractivity contribution in [2.45, 2.75) is 0 Å². The topological polar surface area (TPSA) is 108 Å². The summed E-state index contributed by atoms with van der Waals surface area (Å²) in [5.74, 6) is -1.92. The average Bonchev–Trinajstić information content (AvgIpc) is 2.61. The number of para-hydroxylation sites is 1. The van der Waals surface area contributed by atoms with Gasteiger partial charge in [0, 0.05) is 11.4 Å². The summed E-state index contributed by atoms with van der Waals surface area (Å²) < 4.78 is 9.52. The maximum atomic E-state index is 11.9. The first-order chi connectivity index (χ1) is 11.9. The van der Waals surface area contributed by atoms with Gasteiger partial charge >= 0.3 is 11.9 Å². The van der Waals surface area contributed by atoms with Gasteiger partial charge in [0.25, 0.3) is 5.91 Å². The molecule has 0 fully saturated rings. The lowest BCUT2D eigenvalue weighted by Gasteiger charge is -2.09. The quantitative estimate of drug-likeness (QED) is 0.625. The van der Waals surface area contributed by atoms with Gasteiger partial charge in [-0.15, -0.1) is 0 Å². The van der Waals surface area contributed by atoms with Gasteiger partial charge in [-0.05, 0) is 30.3 Å². The number of esters is 2. The van der Waals surface area contributed by atoms with E-state index in [9.17, 15) is 14.4 Å².